The van der Waals surface area contributed by atoms with Gasteiger partial charge in [0.2, 0.25) is 0 Å². The lowest BCUT2D eigenvalue weighted by atomic mass is 10.4. The number of hydrogen-bond donors (Lipinski definition) is 2. The van der Waals surface area contributed by atoms with Gasteiger partial charge in [0.1, 0.15) is 8.64 Å². The van der Waals surface area contributed by atoms with Crippen molar-refractivity contribution in [3.8, 4) is 0 Å². The Kier molecular flexibility index (Phi) is 2.60. The lowest BCUT2D eigenvalue weighted by Gasteiger charge is -1.93. The van der Waals surface area contributed by atoms with E-state index in [1.807, 2.05) is 0 Å². The van der Waals surface area contributed by atoms with E-state index in [9.17, 15) is 9.59 Å². The summed E-state index contributed by atoms with van der Waals surface area (Å²) in [5.74, 6) is -0.662. The quantitative estimate of drug-likeness (QED) is 0.489. The molecule has 2 aliphatic rings. The molecule has 0 aromatic heterocycles. The van der Waals surface area contributed by atoms with Crippen LogP contribution in [0.15, 0.2) is 9.81 Å². The van der Waals surface area contributed by atoms with Crippen molar-refractivity contribution in [2.45, 2.75) is 0 Å². The van der Waals surface area contributed by atoms with Crippen LogP contribution in [-0.2, 0) is 9.59 Å². The predicted molar refractivity (Wildman–Crippen MR) is 63.7 cm³/mol. The summed E-state index contributed by atoms with van der Waals surface area (Å²) < 4.78 is 0.729. The summed E-state index contributed by atoms with van der Waals surface area (Å²) in [6.07, 6.45) is 0. The number of carbonyl (C=O) groups excluding carboxylic acids is 2. The van der Waals surface area contributed by atoms with E-state index in [-0.39, 0.29) is 11.8 Å². The predicted octanol–water partition coefficient (Wildman–Crippen LogP) is 0.494. The van der Waals surface area contributed by atoms with E-state index >= 15 is 0 Å². The number of thioether (sulfide) groups is 2. The van der Waals surface area contributed by atoms with Crippen molar-refractivity contribution in [1.82, 2.24) is 10.6 Å². The van der Waals surface area contributed by atoms with E-state index in [1.165, 1.54) is 0 Å². The zero-order chi connectivity index (χ0) is 10.3. The van der Waals surface area contributed by atoms with Crippen molar-refractivity contribution in [2.75, 3.05) is 0 Å². The van der Waals surface area contributed by atoms with E-state index in [1.54, 1.807) is 0 Å². The van der Waals surface area contributed by atoms with Crippen LogP contribution < -0.4 is 10.6 Å². The van der Waals surface area contributed by atoms with Gasteiger partial charge in [-0.25, -0.2) is 0 Å². The fraction of sp³-hybridized carbons (Fsp3) is 0. The molecule has 2 saturated heterocycles. The number of rotatable bonds is 0. The van der Waals surface area contributed by atoms with Crippen LogP contribution in [0.5, 0.6) is 0 Å². The number of nitrogens with one attached hydrogen (secondary N) is 2. The summed E-state index contributed by atoms with van der Waals surface area (Å²) in [6.45, 7) is 0. The third-order valence-corrected chi connectivity index (χ3v) is 4.03. The molecule has 0 saturated carbocycles. The molecule has 0 atom stereocenters. The highest BCUT2D eigenvalue weighted by molar-refractivity contribution is 8.29. The van der Waals surface area contributed by atoms with Crippen molar-refractivity contribution in [2.24, 2.45) is 0 Å². The van der Waals surface area contributed by atoms with Gasteiger partial charge in [-0.2, -0.15) is 0 Å². The third kappa shape index (κ3) is 1.70. The Morgan fingerprint density at radius 3 is 1.43 bits per heavy atom. The molecular formula is C6H2N2O2S4. The van der Waals surface area contributed by atoms with E-state index in [2.05, 4.69) is 10.6 Å². The second kappa shape index (κ2) is 3.61. The largest absolute Gasteiger partial charge is 0.307 e. The minimum atomic E-state index is -0.331. The lowest BCUT2D eigenvalue weighted by molar-refractivity contribution is -0.117. The first-order chi connectivity index (χ1) is 6.58. The Morgan fingerprint density at radius 2 is 1.21 bits per heavy atom. The average Bonchev–Trinajstić information content (AvgIpc) is 2.55. The Morgan fingerprint density at radius 1 is 0.857 bits per heavy atom. The molecule has 2 amide bonds. The second-order valence-corrected chi connectivity index (χ2v) is 5.72. The molecule has 0 spiro atoms. The van der Waals surface area contributed by atoms with Crippen molar-refractivity contribution in [3.05, 3.63) is 9.81 Å². The average molecular weight is 262 g/mol. The number of carbonyl (C=O) groups is 2. The van der Waals surface area contributed by atoms with Crippen LogP contribution in [0.4, 0.5) is 0 Å². The summed E-state index contributed by atoms with van der Waals surface area (Å²) in [6, 6.07) is 0. The fourth-order valence-electron chi connectivity index (χ4n) is 0.927. The molecule has 0 aromatic rings. The topological polar surface area (TPSA) is 58.2 Å². The van der Waals surface area contributed by atoms with Crippen molar-refractivity contribution in [1.29, 1.82) is 0 Å². The molecule has 2 heterocycles. The molecule has 4 nitrogen and oxygen atoms in total. The van der Waals surface area contributed by atoms with Gasteiger partial charge in [-0.05, 0) is 0 Å². The van der Waals surface area contributed by atoms with Gasteiger partial charge in [-0.3, -0.25) is 9.59 Å². The summed E-state index contributed by atoms with van der Waals surface area (Å²) in [4.78, 5) is 23.3. The Bertz CT molecular complexity index is 376. The summed E-state index contributed by atoms with van der Waals surface area (Å²) in [5.41, 5.74) is 0. The third-order valence-electron chi connectivity index (χ3n) is 1.44. The van der Waals surface area contributed by atoms with Crippen molar-refractivity contribution < 1.29 is 9.59 Å². The van der Waals surface area contributed by atoms with Crippen molar-refractivity contribution >= 4 is 68.4 Å². The van der Waals surface area contributed by atoms with Crippen LogP contribution in [0.3, 0.4) is 0 Å². The number of thiocarbonyl (C=S) groups is 2. The van der Waals surface area contributed by atoms with Gasteiger partial charge in [0, 0.05) is 0 Å². The lowest BCUT2D eigenvalue weighted by Crippen LogP contribution is -2.21. The van der Waals surface area contributed by atoms with Crippen LogP contribution in [0, 0.1) is 0 Å². The molecule has 0 unspecified atom stereocenters. The first kappa shape index (κ1) is 10.1. The smallest absolute Gasteiger partial charge is 0.264 e. The van der Waals surface area contributed by atoms with Gasteiger partial charge >= 0.3 is 0 Å². The summed E-state index contributed by atoms with van der Waals surface area (Å²) in [5, 5.41) is 4.88. The van der Waals surface area contributed by atoms with Crippen LogP contribution in [-0.4, -0.2) is 20.5 Å². The highest BCUT2D eigenvalue weighted by atomic mass is 32.2. The van der Waals surface area contributed by atoms with Gasteiger partial charge in [-0.15, -0.1) is 0 Å². The van der Waals surface area contributed by atoms with E-state index in [4.69, 9.17) is 24.4 Å². The Labute approximate surface area is 98.2 Å². The van der Waals surface area contributed by atoms with E-state index in [0.29, 0.717) is 18.5 Å². The maximum atomic E-state index is 11.3. The fourth-order valence-corrected chi connectivity index (χ4v) is 3.18. The van der Waals surface area contributed by atoms with Gasteiger partial charge in [0.05, 0.1) is 9.81 Å². The molecule has 8 heteroatoms. The molecular weight excluding hydrogens is 260 g/mol. The van der Waals surface area contributed by atoms with Crippen molar-refractivity contribution in [3.63, 3.8) is 0 Å². The number of hydrogen-bond acceptors (Lipinski definition) is 6. The Hall–Kier alpha value is -0.440. The second-order valence-electron chi connectivity index (χ2n) is 2.35. The highest BCUT2D eigenvalue weighted by Gasteiger charge is 2.33. The summed E-state index contributed by atoms with van der Waals surface area (Å²) in [7, 11) is 0. The summed E-state index contributed by atoms with van der Waals surface area (Å²) >= 11 is 11.8. The van der Waals surface area contributed by atoms with Gasteiger partial charge in [-0.1, -0.05) is 48.0 Å². The SMILES string of the molecule is O=C1NC(=S)SC1=C1SC(=S)NC1=O. The molecule has 2 rings (SSSR count). The molecule has 0 aromatic carbocycles. The first-order valence-corrected chi connectivity index (χ1v) is 5.83. The molecule has 2 fully saturated rings. The molecule has 14 heavy (non-hydrogen) atoms. The molecule has 2 aliphatic heterocycles. The number of amides is 2. The Balaban J connectivity index is 2.41. The molecule has 2 N–H and O–H groups in total. The van der Waals surface area contributed by atoms with Crippen LogP contribution in [0.25, 0.3) is 0 Å². The van der Waals surface area contributed by atoms with Crippen LogP contribution in [0.2, 0.25) is 0 Å². The minimum Gasteiger partial charge on any atom is -0.307 e. The van der Waals surface area contributed by atoms with Gasteiger partial charge < -0.3 is 10.6 Å². The zero-order valence-corrected chi connectivity index (χ0v) is 9.72. The standard InChI is InChI=1S/C6H2N2O2S4/c9-3-1(13-5(11)7-3)2-4(10)8-6(12)14-2/h(H,7,9,11)(H,8,10,12). The molecule has 0 bridgehead atoms. The van der Waals surface area contributed by atoms with Gasteiger partial charge in [0.15, 0.2) is 0 Å². The minimum absolute atomic E-state index is 0.331. The zero-order valence-electron chi connectivity index (χ0n) is 6.45. The van der Waals surface area contributed by atoms with Gasteiger partial charge in [0.25, 0.3) is 11.8 Å². The van der Waals surface area contributed by atoms with E-state index in [0.717, 1.165) is 23.5 Å². The monoisotopic (exact) mass is 262 g/mol. The maximum Gasteiger partial charge on any atom is 0.264 e. The molecule has 0 aliphatic carbocycles. The first-order valence-electron chi connectivity index (χ1n) is 3.38. The molecule has 72 valence electrons. The highest BCUT2D eigenvalue weighted by Crippen LogP contribution is 2.35. The van der Waals surface area contributed by atoms with Crippen LogP contribution in [0.1, 0.15) is 0 Å². The maximum absolute atomic E-state index is 11.3. The molecule has 0 radical (unpaired) electrons. The normalized spacial score (nSPS) is 26.9. The van der Waals surface area contributed by atoms with E-state index < -0.39 is 0 Å². The van der Waals surface area contributed by atoms with Crippen LogP contribution >= 0.6 is 48.0 Å².